The highest BCUT2D eigenvalue weighted by atomic mass is 32.2. The van der Waals surface area contributed by atoms with Crippen molar-refractivity contribution >= 4 is 21.3 Å². The van der Waals surface area contributed by atoms with Gasteiger partial charge in [-0.05, 0) is 61.7 Å². The number of aryl methyl sites for hydroxylation is 2. The van der Waals surface area contributed by atoms with E-state index in [0.717, 1.165) is 12.5 Å². The van der Waals surface area contributed by atoms with Gasteiger partial charge >= 0.3 is 6.18 Å². The van der Waals surface area contributed by atoms with Gasteiger partial charge in [-0.3, -0.25) is 4.79 Å². The first kappa shape index (κ1) is 24.2. The normalized spacial score (nSPS) is 13.3. The molecule has 1 amide bonds. The molecule has 1 unspecified atom stereocenters. The number of amides is 1. The topological polar surface area (TPSA) is 105 Å². The van der Waals surface area contributed by atoms with Gasteiger partial charge in [0, 0.05) is 16.8 Å². The third-order valence-corrected chi connectivity index (χ3v) is 5.93. The molecule has 1 aromatic heterocycles. The lowest BCUT2D eigenvalue weighted by atomic mass is 10.1. The third kappa shape index (κ3) is 5.48. The zero-order valence-electron chi connectivity index (χ0n) is 18.2. The van der Waals surface area contributed by atoms with Crippen molar-refractivity contribution < 1.29 is 26.9 Å². The van der Waals surface area contributed by atoms with Crippen LogP contribution in [0.3, 0.4) is 0 Å². The average molecular weight is 478 g/mol. The van der Waals surface area contributed by atoms with Crippen molar-refractivity contribution in [3.8, 4) is 11.6 Å². The quantitative estimate of drug-likeness (QED) is 0.504. The van der Waals surface area contributed by atoms with E-state index in [2.05, 4.69) is 15.5 Å². The van der Waals surface area contributed by atoms with Gasteiger partial charge in [-0.15, -0.1) is 10.2 Å². The van der Waals surface area contributed by atoms with Crippen LogP contribution in [0.4, 0.5) is 18.9 Å². The average Bonchev–Trinajstić information content (AvgIpc) is 2.69. The summed E-state index contributed by atoms with van der Waals surface area (Å²) >= 11 is 0. The van der Waals surface area contributed by atoms with Crippen molar-refractivity contribution in [2.45, 2.75) is 31.8 Å². The number of carbonyl (C=O) groups is 1. The zero-order valence-corrected chi connectivity index (χ0v) is 19.0. The van der Waals surface area contributed by atoms with E-state index in [9.17, 15) is 22.2 Å². The maximum absolute atomic E-state index is 13.5. The fourth-order valence-electron chi connectivity index (χ4n) is 3.04. The van der Waals surface area contributed by atoms with Gasteiger partial charge in [0.2, 0.25) is 0 Å². The molecule has 0 aliphatic heterocycles. The minimum absolute atomic E-state index is 0.154. The summed E-state index contributed by atoms with van der Waals surface area (Å²) in [6.07, 6.45) is -3.61. The molecular weight excluding hydrogens is 457 g/mol. The van der Waals surface area contributed by atoms with Crippen LogP contribution in [0.2, 0.25) is 0 Å². The van der Waals surface area contributed by atoms with Gasteiger partial charge in [0.1, 0.15) is 11.3 Å². The van der Waals surface area contributed by atoms with E-state index in [1.54, 1.807) is 19.1 Å². The van der Waals surface area contributed by atoms with Crippen LogP contribution in [0.15, 0.2) is 47.4 Å². The molecule has 11 heteroatoms. The molecule has 0 saturated heterocycles. The molecule has 1 heterocycles. The Morgan fingerprint density at radius 2 is 1.79 bits per heavy atom. The summed E-state index contributed by atoms with van der Waals surface area (Å²) in [5.41, 5.74) is -0.516. The van der Waals surface area contributed by atoms with Crippen molar-refractivity contribution in [2.75, 3.05) is 11.6 Å². The first-order valence-electron chi connectivity index (χ1n) is 9.62. The van der Waals surface area contributed by atoms with Crippen molar-refractivity contribution in [3.05, 3.63) is 70.4 Å². The van der Waals surface area contributed by atoms with E-state index in [4.69, 9.17) is 9.52 Å². The highest BCUT2D eigenvalue weighted by Crippen LogP contribution is 2.35. The number of anilines is 1. The summed E-state index contributed by atoms with van der Waals surface area (Å²) in [6.45, 7) is 4.67. The smallest absolute Gasteiger partial charge is 0.435 e. The van der Waals surface area contributed by atoms with E-state index >= 15 is 0 Å². The molecule has 0 saturated carbocycles. The Kier molecular flexibility index (Phi) is 6.46. The summed E-state index contributed by atoms with van der Waals surface area (Å²) in [6, 6.07) is 11.0. The number of alkyl halides is 3. The van der Waals surface area contributed by atoms with Gasteiger partial charge in [0.25, 0.3) is 11.8 Å². The molecule has 0 aliphatic rings. The highest BCUT2D eigenvalue weighted by Gasteiger charge is 2.38. The third-order valence-electron chi connectivity index (χ3n) is 4.77. The second-order valence-corrected chi connectivity index (χ2v) is 9.71. The van der Waals surface area contributed by atoms with Crippen LogP contribution in [0.5, 0.6) is 11.6 Å². The summed E-state index contributed by atoms with van der Waals surface area (Å²) in [4.78, 5) is 13.3. The maximum Gasteiger partial charge on any atom is 0.435 e. The molecule has 0 aliphatic carbocycles. The molecule has 33 heavy (non-hydrogen) atoms. The molecule has 0 bridgehead atoms. The lowest BCUT2D eigenvalue weighted by molar-refractivity contribution is -0.142. The second-order valence-electron chi connectivity index (χ2n) is 7.55. The molecule has 0 radical (unpaired) electrons. The number of ether oxygens (including phenoxy) is 1. The Balaban J connectivity index is 2.09. The predicted molar refractivity (Wildman–Crippen MR) is 117 cm³/mol. The molecule has 7 nitrogen and oxygen atoms in total. The van der Waals surface area contributed by atoms with Gasteiger partial charge in [-0.25, -0.2) is 8.99 Å². The second kappa shape index (κ2) is 8.81. The van der Waals surface area contributed by atoms with Crippen LogP contribution in [0, 0.1) is 25.6 Å². The molecular formula is C22H21F3N4O3S. The van der Waals surface area contributed by atoms with Crippen LogP contribution in [-0.2, 0) is 15.9 Å². The van der Waals surface area contributed by atoms with E-state index < -0.39 is 38.6 Å². The fourth-order valence-corrected chi connectivity index (χ4v) is 3.73. The highest BCUT2D eigenvalue weighted by molar-refractivity contribution is 7.91. The van der Waals surface area contributed by atoms with Gasteiger partial charge in [0.05, 0.1) is 9.73 Å². The Morgan fingerprint density at radius 3 is 2.42 bits per heavy atom. The lowest BCUT2D eigenvalue weighted by Crippen LogP contribution is -2.21. The van der Waals surface area contributed by atoms with E-state index in [1.807, 2.05) is 13.0 Å². The number of hydrogen-bond acceptors (Lipinski definition) is 6. The number of rotatable bonds is 5. The molecule has 0 spiro atoms. The largest absolute Gasteiger partial charge is 0.437 e. The number of halogens is 3. The van der Waals surface area contributed by atoms with Crippen LogP contribution in [0.1, 0.15) is 32.7 Å². The molecule has 0 fully saturated rings. The molecule has 3 rings (SSSR count). The predicted octanol–water partition coefficient (Wildman–Crippen LogP) is 5.50. The molecule has 1 atom stereocenters. The maximum atomic E-state index is 13.5. The Bertz CT molecular complexity index is 1340. The standard InChI is InChI=1S/C22H21F3N4O3S/c1-12-8-9-13(2)17(10-12)32-21-18(14(3)19(28-29-21)22(23,24)25)20(30)27-15-6-5-7-16(11-15)33(4,26)31/h5-11,26H,1-4H3,(H,27,30). The minimum atomic E-state index is -4.83. The SMILES string of the molecule is Cc1ccc(C)c(Oc2nnc(C(F)(F)F)c(C)c2C(=O)Nc2cccc(S(C)(=N)=O)c2)c1. The van der Waals surface area contributed by atoms with E-state index in [0.29, 0.717) is 11.3 Å². The molecule has 174 valence electrons. The van der Waals surface area contributed by atoms with Gasteiger partial charge < -0.3 is 10.1 Å². The fraction of sp³-hybridized carbons (Fsp3) is 0.227. The van der Waals surface area contributed by atoms with Crippen molar-refractivity contribution in [1.29, 1.82) is 4.78 Å². The van der Waals surface area contributed by atoms with Crippen molar-refractivity contribution in [1.82, 2.24) is 10.2 Å². The van der Waals surface area contributed by atoms with Gasteiger partial charge in [0.15, 0.2) is 5.69 Å². The number of benzene rings is 2. The number of hydrogen-bond donors (Lipinski definition) is 2. The van der Waals surface area contributed by atoms with Crippen LogP contribution in [-0.4, -0.2) is 26.6 Å². The van der Waals surface area contributed by atoms with Crippen LogP contribution >= 0.6 is 0 Å². The van der Waals surface area contributed by atoms with Crippen molar-refractivity contribution in [2.24, 2.45) is 0 Å². The first-order chi connectivity index (χ1) is 15.3. The Labute approximate surface area is 189 Å². The lowest BCUT2D eigenvalue weighted by Gasteiger charge is -2.17. The van der Waals surface area contributed by atoms with E-state index in [1.165, 1.54) is 30.5 Å². The first-order valence-corrected chi connectivity index (χ1v) is 11.6. The summed E-state index contributed by atoms with van der Waals surface area (Å²) < 4.78 is 65.8. The van der Waals surface area contributed by atoms with Crippen LogP contribution in [0.25, 0.3) is 0 Å². The number of carbonyl (C=O) groups excluding carboxylic acids is 1. The number of aromatic nitrogens is 2. The number of nitrogens with zero attached hydrogens (tertiary/aromatic N) is 2. The molecule has 3 aromatic rings. The monoisotopic (exact) mass is 478 g/mol. The van der Waals surface area contributed by atoms with Gasteiger partial charge in [-0.2, -0.15) is 13.2 Å². The van der Waals surface area contributed by atoms with Crippen molar-refractivity contribution in [3.63, 3.8) is 0 Å². The van der Waals surface area contributed by atoms with E-state index in [-0.39, 0.29) is 16.5 Å². The summed E-state index contributed by atoms with van der Waals surface area (Å²) in [5, 5.41) is 9.29. The summed E-state index contributed by atoms with van der Waals surface area (Å²) in [5.74, 6) is -0.986. The molecule has 2 N–H and O–H groups in total. The number of nitrogens with one attached hydrogen (secondary N) is 2. The zero-order chi connectivity index (χ0) is 24.6. The minimum Gasteiger partial charge on any atom is -0.437 e. The summed E-state index contributed by atoms with van der Waals surface area (Å²) in [7, 11) is -3.06. The van der Waals surface area contributed by atoms with Crippen LogP contribution < -0.4 is 10.1 Å². The Hall–Kier alpha value is -3.47. The molecule has 2 aromatic carbocycles. The Morgan fingerprint density at radius 1 is 1.09 bits per heavy atom. The van der Waals surface area contributed by atoms with Gasteiger partial charge in [-0.1, -0.05) is 18.2 Å².